The van der Waals surface area contributed by atoms with Crippen LogP contribution >= 0.6 is 0 Å². The Morgan fingerprint density at radius 3 is 2.89 bits per heavy atom. The van der Waals surface area contributed by atoms with Crippen molar-refractivity contribution in [1.29, 1.82) is 0 Å². The minimum absolute atomic E-state index is 0.950. The van der Waals surface area contributed by atoms with Crippen molar-refractivity contribution in [2.75, 3.05) is 19.6 Å². The average Bonchev–Trinajstić information content (AvgIpc) is 1.91. The van der Waals surface area contributed by atoms with Crippen LogP contribution in [0.15, 0.2) is 24.4 Å². The fourth-order valence-corrected chi connectivity index (χ4v) is 0.857. The molecule has 50 valence electrons. The van der Waals surface area contributed by atoms with Gasteiger partial charge in [0.2, 0.25) is 0 Å². The van der Waals surface area contributed by atoms with Gasteiger partial charge < -0.3 is 10.6 Å². The first-order valence-electron chi connectivity index (χ1n) is 3.19. The Kier molecular flexibility index (Phi) is 2.33. The van der Waals surface area contributed by atoms with Gasteiger partial charge in [0.1, 0.15) is 0 Å². The Labute approximate surface area is 55.6 Å². The van der Waals surface area contributed by atoms with Crippen LogP contribution in [0.1, 0.15) is 0 Å². The molecule has 0 spiro atoms. The first kappa shape index (κ1) is 6.36. The van der Waals surface area contributed by atoms with Gasteiger partial charge in [-0.3, -0.25) is 0 Å². The highest BCUT2D eigenvalue weighted by Gasteiger charge is 1.99. The first-order valence-corrected chi connectivity index (χ1v) is 3.19. The van der Waals surface area contributed by atoms with Crippen LogP contribution in [0.4, 0.5) is 0 Å². The molecule has 2 nitrogen and oxygen atoms in total. The second-order valence-electron chi connectivity index (χ2n) is 2.03. The second kappa shape index (κ2) is 3.30. The van der Waals surface area contributed by atoms with Gasteiger partial charge in [-0.25, -0.2) is 0 Å². The third kappa shape index (κ3) is 1.90. The van der Waals surface area contributed by atoms with E-state index in [0.717, 1.165) is 19.6 Å². The zero-order chi connectivity index (χ0) is 6.53. The van der Waals surface area contributed by atoms with Gasteiger partial charge in [0, 0.05) is 25.3 Å². The molecule has 1 fully saturated rings. The molecule has 0 atom stereocenters. The van der Waals surface area contributed by atoms with E-state index in [-0.39, 0.29) is 0 Å². The highest BCUT2D eigenvalue weighted by Crippen LogP contribution is 1.89. The molecule has 0 bridgehead atoms. The molecule has 1 rings (SSSR count). The summed E-state index contributed by atoms with van der Waals surface area (Å²) in [6.45, 7) is 6.65. The molecule has 9 heavy (non-hydrogen) atoms. The fourth-order valence-electron chi connectivity index (χ4n) is 0.857. The molecule has 1 aliphatic heterocycles. The van der Waals surface area contributed by atoms with Crippen LogP contribution in [0, 0.1) is 0 Å². The molecule has 0 amide bonds. The minimum atomic E-state index is 0.950. The lowest BCUT2D eigenvalue weighted by molar-refractivity contribution is 0.598. The summed E-state index contributed by atoms with van der Waals surface area (Å²) in [6.07, 6.45) is 3.79. The van der Waals surface area contributed by atoms with E-state index in [4.69, 9.17) is 0 Å². The quantitative estimate of drug-likeness (QED) is 0.523. The summed E-state index contributed by atoms with van der Waals surface area (Å²) >= 11 is 0. The maximum atomic E-state index is 3.61. The van der Waals surface area contributed by atoms with Gasteiger partial charge in [-0.1, -0.05) is 12.7 Å². The van der Waals surface area contributed by atoms with Crippen LogP contribution in [-0.2, 0) is 0 Å². The van der Waals surface area contributed by atoms with Crippen molar-refractivity contribution in [2.24, 2.45) is 0 Å². The summed E-state index contributed by atoms with van der Waals surface area (Å²) in [5.41, 5.74) is 1.23. The molecule has 1 saturated heterocycles. The van der Waals surface area contributed by atoms with Crippen molar-refractivity contribution in [3.63, 3.8) is 0 Å². The lowest BCUT2D eigenvalue weighted by Gasteiger charge is -2.17. The Bertz CT molecular complexity index is 119. The summed E-state index contributed by atoms with van der Waals surface area (Å²) in [5.74, 6) is 0. The molecule has 1 heterocycles. The zero-order valence-corrected chi connectivity index (χ0v) is 5.48. The normalized spacial score (nSPS) is 23.3. The van der Waals surface area contributed by atoms with E-state index in [9.17, 15) is 0 Å². The van der Waals surface area contributed by atoms with Gasteiger partial charge in [-0.15, -0.1) is 0 Å². The minimum Gasteiger partial charge on any atom is -0.386 e. The van der Waals surface area contributed by atoms with Crippen molar-refractivity contribution in [3.05, 3.63) is 24.4 Å². The van der Waals surface area contributed by atoms with Crippen molar-refractivity contribution < 1.29 is 0 Å². The smallest absolute Gasteiger partial charge is 0.0354 e. The standard InChI is InChI=1S/C7H12N2/c1-2-3-7-6-8-4-5-9-7/h2-3,8-9H,1,4-6H2. The Balaban J connectivity index is 2.39. The van der Waals surface area contributed by atoms with Gasteiger partial charge in [0.15, 0.2) is 0 Å². The van der Waals surface area contributed by atoms with Crippen LogP contribution in [-0.4, -0.2) is 19.6 Å². The van der Waals surface area contributed by atoms with E-state index in [1.165, 1.54) is 5.70 Å². The summed E-state index contributed by atoms with van der Waals surface area (Å²) in [4.78, 5) is 0. The number of rotatable bonds is 1. The molecular weight excluding hydrogens is 112 g/mol. The van der Waals surface area contributed by atoms with E-state index >= 15 is 0 Å². The topological polar surface area (TPSA) is 24.1 Å². The van der Waals surface area contributed by atoms with Crippen LogP contribution in [0.25, 0.3) is 0 Å². The molecule has 2 heteroatoms. The monoisotopic (exact) mass is 124 g/mol. The average molecular weight is 124 g/mol. The van der Waals surface area contributed by atoms with Gasteiger partial charge in [0.25, 0.3) is 0 Å². The maximum Gasteiger partial charge on any atom is 0.0354 e. The Hall–Kier alpha value is -0.760. The third-order valence-electron chi connectivity index (χ3n) is 1.29. The van der Waals surface area contributed by atoms with E-state index < -0.39 is 0 Å². The van der Waals surface area contributed by atoms with Crippen molar-refractivity contribution >= 4 is 0 Å². The Morgan fingerprint density at radius 2 is 2.33 bits per heavy atom. The predicted octanol–water partition coefficient (Wildman–Crippen LogP) is 0.249. The maximum absolute atomic E-state index is 3.61. The molecule has 0 aromatic carbocycles. The number of allylic oxidation sites excluding steroid dienone is 2. The molecule has 0 aromatic heterocycles. The second-order valence-corrected chi connectivity index (χ2v) is 2.03. The molecule has 2 N–H and O–H groups in total. The van der Waals surface area contributed by atoms with E-state index in [2.05, 4.69) is 17.2 Å². The van der Waals surface area contributed by atoms with Crippen LogP contribution in [0.3, 0.4) is 0 Å². The molecule has 0 unspecified atom stereocenters. The number of hydrogen-bond donors (Lipinski definition) is 2. The zero-order valence-electron chi connectivity index (χ0n) is 5.48. The summed E-state index contributed by atoms with van der Waals surface area (Å²) in [5, 5.41) is 6.49. The van der Waals surface area contributed by atoms with E-state index in [1.54, 1.807) is 6.08 Å². The third-order valence-corrected chi connectivity index (χ3v) is 1.29. The molecule has 0 aliphatic carbocycles. The highest BCUT2D eigenvalue weighted by molar-refractivity contribution is 5.11. The van der Waals surface area contributed by atoms with Gasteiger partial charge in [-0.05, 0) is 6.08 Å². The van der Waals surface area contributed by atoms with E-state index in [0.29, 0.717) is 0 Å². The number of piperazine rings is 1. The van der Waals surface area contributed by atoms with Crippen molar-refractivity contribution in [2.45, 2.75) is 0 Å². The van der Waals surface area contributed by atoms with Crippen molar-refractivity contribution in [1.82, 2.24) is 10.6 Å². The largest absolute Gasteiger partial charge is 0.386 e. The SMILES string of the molecule is C=CC=C1CNCCN1. The molecule has 0 radical (unpaired) electrons. The first-order chi connectivity index (χ1) is 4.43. The van der Waals surface area contributed by atoms with Crippen LogP contribution in [0.5, 0.6) is 0 Å². The summed E-state index contributed by atoms with van der Waals surface area (Å²) in [7, 11) is 0. The summed E-state index contributed by atoms with van der Waals surface area (Å²) in [6, 6.07) is 0. The molecular formula is C7H12N2. The Morgan fingerprint density at radius 1 is 1.44 bits per heavy atom. The van der Waals surface area contributed by atoms with Crippen LogP contribution in [0.2, 0.25) is 0 Å². The summed E-state index contributed by atoms with van der Waals surface area (Å²) < 4.78 is 0. The molecule has 1 aliphatic rings. The molecule has 0 saturated carbocycles. The number of hydrogen-bond acceptors (Lipinski definition) is 2. The van der Waals surface area contributed by atoms with E-state index in [1.807, 2.05) is 6.08 Å². The fraction of sp³-hybridized carbons (Fsp3) is 0.429. The van der Waals surface area contributed by atoms with Gasteiger partial charge in [0.05, 0.1) is 0 Å². The highest BCUT2D eigenvalue weighted by atomic mass is 15.0. The number of nitrogens with one attached hydrogen (secondary N) is 2. The van der Waals surface area contributed by atoms with Crippen LogP contribution < -0.4 is 10.6 Å². The lowest BCUT2D eigenvalue weighted by atomic mass is 10.3. The lowest BCUT2D eigenvalue weighted by Crippen LogP contribution is -2.37. The van der Waals surface area contributed by atoms with Crippen molar-refractivity contribution in [3.8, 4) is 0 Å². The molecule has 0 aromatic rings. The van der Waals surface area contributed by atoms with Gasteiger partial charge >= 0.3 is 0 Å². The van der Waals surface area contributed by atoms with Gasteiger partial charge in [-0.2, -0.15) is 0 Å². The predicted molar refractivity (Wildman–Crippen MR) is 39.2 cm³/mol.